The Morgan fingerprint density at radius 3 is 2.79 bits per heavy atom. The maximum absolute atomic E-state index is 11.9. The van der Waals surface area contributed by atoms with E-state index in [2.05, 4.69) is 17.2 Å². The van der Waals surface area contributed by atoms with Crippen LogP contribution in [-0.4, -0.2) is 10.9 Å². The fraction of sp³-hybridized carbons (Fsp3) is 0.286. The summed E-state index contributed by atoms with van der Waals surface area (Å²) in [5.74, 6) is -0.0931. The van der Waals surface area contributed by atoms with Crippen LogP contribution in [0.2, 0.25) is 5.02 Å². The van der Waals surface area contributed by atoms with Gasteiger partial charge < -0.3 is 5.32 Å². The molecule has 1 amide bonds. The lowest BCUT2D eigenvalue weighted by Crippen LogP contribution is -2.14. The van der Waals surface area contributed by atoms with Crippen molar-refractivity contribution in [3.63, 3.8) is 0 Å². The zero-order valence-corrected chi connectivity index (χ0v) is 12.4. The van der Waals surface area contributed by atoms with Crippen molar-refractivity contribution < 1.29 is 4.79 Å². The number of rotatable bonds is 4. The van der Waals surface area contributed by atoms with E-state index in [9.17, 15) is 4.79 Å². The fourth-order valence-corrected chi connectivity index (χ4v) is 2.91. The van der Waals surface area contributed by atoms with Gasteiger partial charge in [-0.3, -0.25) is 4.79 Å². The molecule has 3 nitrogen and oxygen atoms in total. The highest BCUT2D eigenvalue weighted by atomic mass is 35.5. The predicted octanol–water partition coefficient (Wildman–Crippen LogP) is 3.85. The lowest BCUT2D eigenvalue weighted by molar-refractivity contribution is -0.115. The number of benzene rings is 1. The van der Waals surface area contributed by atoms with Gasteiger partial charge in [0.15, 0.2) is 5.13 Å². The van der Waals surface area contributed by atoms with Crippen LogP contribution in [0.5, 0.6) is 0 Å². The Labute approximate surface area is 121 Å². The molecule has 0 spiro atoms. The third-order valence-corrected chi connectivity index (χ3v) is 4.08. The van der Waals surface area contributed by atoms with Crippen LogP contribution in [0.25, 0.3) is 0 Å². The number of anilines is 1. The molecular weight excluding hydrogens is 280 g/mol. The van der Waals surface area contributed by atoms with E-state index in [4.69, 9.17) is 11.6 Å². The Balaban J connectivity index is 2.03. The van der Waals surface area contributed by atoms with Crippen molar-refractivity contribution in [3.8, 4) is 0 Å². The van der Waals surface area contributed by atoms with Gasteiger partial charge in [-0.1, -0.05) is 36.7 Å². The van der Waals surface area contributed by atoms with E-state index in [1.807, 2.05) is 25.1 Å². The van der Waals surface area contributed by atoms with Crippen LogP contribution < -0.4 is 5.32 Å². The molecule has 19 heavy (non-hydrogen) atoms. The number of aromatic nitrogens is 1. The van der Waals surface area contributed by atoms with Crippen molar-refractivity contribution in [3.05, 3.63) is 45.4 Å². The second-order valence-corrected chi connectivity index (χ2v) is 5.80. The van der Waals surface area contributed by atoms with Gasteiger partial charge in [-0.25, -0.2) is 4.98 Å². The fourth-order valence-electron chi connectivity index (χ4n) is 1.79. The first kappa shape index (κ1) is 14.0. The SMILES string of the molecule is CCc1nc(NC(=O)Cc2ccccc2Cl)sc1C. The molecule has 0 atom stereocenters. The van der Waals surface area contributed by atoms with Crippen LogP contribution in [-0.2, 0) is 17.6 Å². The first-order valence-electron chi connectivity index (χ1n) is 6.09. The molecule has 0 aliphatic carbocycles. The minimum absolute atomic E-state index is 0.0931. The van der Waals surface area contributed by atoms with E-state index >= 15 is 0 Å². The molecule has 0 fully saturated rings. The summed E-state index contributed by atoms with van der Waals surface area (Å²) >= 11 is 7.54. The van der Waals surface area contributed by atoms with Crippen LogP contribution in [0.1, 0.15) is 23.1 Å². The summed E-state index contributed by atoms with van der Waals surface area (Å²) in [5.41, 5.74) is 1.86. The van der Waals surface area contributed by atoms with Crippen molar-refractivity contribution in [2.45, 2.75) is 26.7 Å². The quantitative estimate of drug-likeness (QED) is 0.930. The summed E-state index contributed by atoms with van der Waals surface area (Å²) in [7, 11) is 0. The number of nitrogens with one attached hydrogen (secondary N) is 1. The number of amides is 1. The highest BCUT2D eigenvalue weighted by Gasteiger charge is 2.11. The van der Waals surface area contributed by atoms with Crippen LogP contribution in [0.4, 0.5) is 5.13 Å². The Morgan fingerprint density at radius 1 is 1.42 bits per heavy atom. The lowest BCUT2D eigenvalue weighted by atomic mass is 10.1. The summed E-state index contributed by atoms with van der Waals surface area (Å²) in [6.07, 6.45) is 1.14. The van der Waals surface area contributed by atoms with Gasteiger partial charge in [0.1, 0.15) is 0 Å². The number of nitrogens with zero attached hydrogens (tertiary/aromatic N) is 1. The zero-order valence-electron chi connectivity index (χ0n) is 10.9. The molecule has 1 N–H and O–H groups in total. The van der Waals surface area contributed by atoms with Gasteiger partial charge in [-0.05, 0) is 25.0 Å². The topological polar surface area (TPSA) is 42.0 Å². The summed E-state index contributed by atoms with van der Waals surface area (Å²) in [6, 6.07) is 7.36. The van der Waals surface area contributed by atoms with Crippen molar-refractivity contribution >= 4 is 34.0 Å². The van der Waals surface area contributed by atoms with Crippen molar-refractivity contribution in [1.82, 2.24) is 4.98 Å². The summed E-state index contributed by atoms with van der Waals surface area (Å²) in [6.45, 7) is 4.07. The molecule has 0 saturated heterocycles. The average molecular weight is 295 g/mol. The van der Waals surface area contributed by atoms with E-state index in [1.54, 1.807) is 6.07 Å². The molecule has 1 aromatic carbocycles. The molecule has 2 rings (SSSR count). The molecule has 0 radical (unpaired) electrons. The van der Waals surface area contributed by atoms with E-state index in [1.165, 1.54) is 11.3 Å². The van der Waals surface area contributed by atoms with E-state index in [0.29, 0.717) is 10.2 Å². The number of hydrogen-bond acceptors (Lipinski definition) is 3. The monoisotopic (exact) mass is 294 g/mol. The Bertz CT molecular complexity index is 595. The van der Waals surface area contributed by atoms with Gasteiger partial charge in [-0.15, -0.1) is 11.3 Å². The molecule has 5 heteroatoms. The average Bonchev–Trinajstić information content (AvgIpc) is 2.72. The molecule has 100 valence electrons. The molecule has 1 heterocycles. The second kappa shape index (κ2) is 6.17. The Morgan fingerprint density at radius 2 is 2.16 bits per heavy atom. The van der Waals surface area contributed by atoms with Crippen molar-refractivity contribution in [2.24, 2.45) is 0 Å². The normalized spacial score (nSPS) is 10.5. The maximum Gasteiger partial charge on any atom is 0.230 e. The molecule has 1 aromatic heterocycles. The van der Waals surface area contributed by atoms with Gasteiger partial charge in [0.2, 0.25) is 5.91 Å². The van der Waals surface area contributed by atoms with E-state index < -0.39 is 0 Å². The lowest BCUT2D eigenvalue weighted by Gasteiger charge is -2.03. The Hall–Kier alpha value is -1.39. The number of halogens is 1. The molecular formula is C14H15ClN2OS. The summed E-state index contributed by atoms with van der Waals surface area (Å²) < 4.78 is 0. The molecule has 2 aromatic rings. The smallest absolute Gasteiger partial charge is 0.230 e. The van der Waals surface area contributed by atoms with Gasteiger partial charge in [0.05, 0.1) is 12.1 Å². The van der Waals surface area contributed by atoms with E-state index in [-0.39, 0.29) is 12.3 Å². The highest BCUT2D eigenvalue weighted by Crippen LogP contribution is 2.23. The largest absolute Gasteiger partial charge is 0.302 e. The number of thiazole rings is 1. The predicted molar refractivity (Wildman–Crippen MR) is 80.0 cm³/mol. The van der Waals surface area contributed by atoms with Crippen molar-refractivity contribution in [1.29, 1.82) is 0 Å². The van der Waals surface area contributed by atoms with Gasteiger partial charge in [0, 0.05) is 9.90 Å². The number of carbonyl (C=O) groups excluding carboxylic acids is 1. The molecule has 0 unspecified atom stereocenters. The zero-order chi connectivity index (χ0) is 13.8. The molecule has 0 aliphatic heterocycles. The van der Waals surface area contributed by atoms with Crippen LogP contribution in [0.3, 0.4) is 0 Å². The van der Waals surface area contributed by atoms with Gasteiger partial charge in [0.25, 0.3) is 0 Å². The number of hydrogen-bond donors (Lipinski definition) is 1. The third kappa shape index (κ3) is 3.55. The summed E-state index contributed by atoms with van der Waals surface area (Å²) in [5, 5.41) is 4.09. The number of aryl methyl sites for hydroxylation is 2. The van der Waals surface area contributed by atoms with Crippen LogP contribution in [0.15, 0.2) is 24.3 Å². The van der Waals surface area contributed by atoms with Crippen molar-refractivity contribution in [2.75, 3.05) is 5.32 Å². The number of carbonyl (C=O) groups is 1. The van der Waals surface area contributed by atoms with Crippen LogP contribution >= 0.6 is 22.9 Å². The van der Waals surface area contributed by atoms with E-state index in [0.717, 1.165) is 22.6 Å². The van der Waals surface area contributed by atoms with Gasteiger partial charge >= 0.3 is 0 Å². The summed E-state index contributed by atoms with van der Waals surface area (Å²) in [4.78, 5) is 17.5. The minimum atomic E-state index is -0.0931. The molecule has 0 aliphatic rings. The first-order chi connectivity index (χ1) is 9.10. The molecule has 0 bridgehead atoms. The van der Waals surface area contributed by atoms with Crippen LogP contribution in [0, 0.1) is 6.92 Å². The minimum Gasteiger partial charge on any atom is -0.302 e. The standard InChI is InChI=1S/C14H15ClN2OS/c1-3-12-9(2)19-14(16-12)17-13(18)8-10-6-4-5-7-11(10)15/h4-7H,3,8H2,1-2H3,(H,16,17,18). The Kier molecular flexibility index (Phi) is 4.56. The maximum atomic E-state index is 11.9. The highest BCUT2D eigenvalue weighted by molar-refractivity contribution is 7.15. The van der Waals surface area contributed by atoms with Gasteiger partial charge in [-0.2, -0.15) is 0 Å². The first-order valence-corrected chi connectivity index (χ1v) is 7.29. The third-order valence-electron chi connectivity index (χ3n) is 2.78. The second-order valence-electron chi connectivity index (χ2n) is 4.19. The molecule has 0 saturated carbocycles.